The number of benzene rings is 1. The van der Waals surface area contributed by atoms with Gasteiger partial charge in [-0.15, -0.1) is 0 Å². The maximum atomic E-state index is 12.8. The SMILES string of the molecule is CC(C)(CNC(=O)OC(C)(C)C)CNC(O)c1ccc(Nc2cc(NCc3ccc(Cl)cc3)nc(OCC(F)(F)F)n2)nc1. The molecule has 0 saturated carbocycles. The third-order valence-electron chi connectivity index (χ3n) is 5.70. The Kier molecular flexibility index (Phi) is 11.6. The minimum Gasteiger partial charge on any atom is -0.454 e. The van der Waals surface area contributed by atoms with Gasteiger partial charge in [0.1, 0.15) is 29.3 Å². The molecule has 0 saturated heterocycles. The number of pyridine rings is 1. The highest BCUT2D eigenvalue weighted by atomic mass is 35.5. The third-order valence-corrected chi connectivity index (χ3v) is 5.95. The summed E-state index contributed by atoms with van der Waals surface area (Å²) in [5.41, 5.74) is 0.316. The van der Waals surface area contributed by atoms with Gasteiger partial charge in [-0.3, -0.25) is 5.32 Å². The molecule has 0 spiro atoms. The number of anilines is 3. The molecule has 2 aromatic heterocycles. The van der Waals surface area contributed by atoms with Crippen LogP contribution < -0.4 is 26.0 Å². The van der Waals surface area contributed by atoms with Gasteiger partial charge in [0.15, 0.2) is 6.61 Å². The maximum absolute atomic E-state index is 12.8. The van der Waals surface area contributed by atoms with Crippen molar-refractivity contribution >= 4 is 35.1 Å². The van der Waals surface area contributed by atoms with Crippen molar-refractivity contribution in [1.29, 1.82) is 0 Å². The minimum absolute atomic E-state index is 0.133. The van der Waals surface area contributed by atoms with Gasteiger partial charge in [0.25, 0.3) is 0 Å². The number of carbonyl (C=O) groups excluding carboxylic acids is 1. The number of nitrogens with one attached hydrogen (secondary N) is 4. The number of aromatic nitrogens is 3. The summed E-state index contributed by atoms with van der Waals surface area (Å²) >= 11 is 5.92. The molecular weight excluding hydrogens is 603 g/mol. The van der Waals surface area contributed by atoms with E-state index in [4.69, 9.17) is 21.1 Å². The van der Waals surface area contributed by atoms with Crippen LogP contribution in [0.15, 0.2) is 48.7 Å². The number of ether oxygens (including phenoxy) is 2. The van der Waals surface area contributed by atoms with Crippen molar-refractivity contribution < 1.29 is 32.5 Å². The normalized spacial score (nSPS) is 12.8. The number of halogens is 4. The highest BCUT2D eigenvalue weighted by Crippen LogP contribution is 2.23. The molecular formula is C29H37ClF3N7O4. The van der Waals surface area contributed by atoms with Crippen molar-refractivity contribution in [2.45, 2.75) is 59.2 Å². The monoisotopic (exact) mass is 639 g/mol. The number of nitrogens with zero attached hydrogens (tertiary/aromatic N) is 3. The molecule has 0 aliphatic heterocycles. The van der Waals surface area contributed by atoms with Gasteiger partial charge in [0.2, 0.25) is 0 Å². The van der Waals surface area contributed by atoms with Crippen LogP contribution in [0.3, 0.4) is 0 Å². The summed E-state index contributed by atoms with van der Waals surface area (Å²) in [4.78, 5) is 24.3. The predicted octanol–water partition coefficient (Wildman–Crippen LogP) is 5.95. The predicted molar refractivity (Wildman–Crippen MR) is 161 cm³/mol. The van der Waals surface area contributed by atoms with E-state index in [0.29, 0.717) is 36.0 Å². The van der Waals surface area contributed by atoms with E-state index in [-0.39, 0.29) is 11.6 Å². The lowest BCUT2D eigenvalue weighted by Gasteiger charge is -2.28. The van der Waals surface area contributed by atoms with Crippen molar-refractivity contribution in [2.75, 3.05) is 30.3 Å². The molecule has 0 radical (unpaired) electrons. The molecule has 3 aromatic rings. The van der Waals surface area contributed by atoms with Gasteiger partial charge in [-0.05, 0) is 56.0 Å². The van der Waals surface area contributed by atoms with Crippen molar-refractivity contribution in [3.63, 3.8) is 0 Å². The molecule has 3 rings (SSSR count). The van der Waals surface area contributed by atoms with Crippen LogP contribution in [-0.2, 0) is 11.3 Å². The summed E-state index contributed by atoms with van der Waals surface area (Å²) in [5, 5.41) is 22.9. The molecule has 1 aromatic carbocycles. The molecule has 240 valence electrons. The van der Waals surface area contributed by atoms with Crippen LogP contribution in [0.2, 0.25) is 5.02 Å². The van der Waals surface area contributed by atoms with E-state index < -0.39 is 42.1 Å². The van der Waals surface area contributed by atoms with E-state index in [0.717, 1.165) is 5.56 Å². The van der Waals surface area contributed by atoms with Crippen molar-refractivity contribution in [2.24, 2.45) is 5.41 Å². The van der Waals surface area contributed by atoms with Gasteiger partial charge >= 0.3 is 18.3 Å². The Labute approximate surface area is 258 Å². The number of alkyl carbamates (subject to hydrolysis) is 1. The summed E-state index contributed by atoms with van der Waals surface area (Å²) in [5.74, 6) is 0.663. The quantitative estimate of drug-likeness (QED) is 0.142. The number of rotatable bonds is 13. The highest BCUT2D eigenvalue weighted by Gasteiger charge is 2.29. The zero-order valence-corrected chi connectivity index (χ0v) is 25.8. The van der Waals surface area contributed by atoms with Gasteiger partial charge in [-0.25, -0.2) is 9.78 Å². The van der Waals surface area contributed by atoms with Gasteiger partial charge in [-0.2, -0.15) is 23.1 Å². The number of amides is 1. The molecule has 2 heterocycles. The van der Waals surface area contributed by atoms with Gasteiger partial charge < -0.3 is 30.5 Å². The summed E-state index contributed by atoms with van der Waals surface area (Å²) in [6.45, 7) is 8.61. The summed E-state index contributed by atoms with van der Waals surface area (Å²) in [6.07, 6.45) is -4.71. The lowest BCUT2D eigenvalue weighted by molar-refractivity contribution is -0.154. The first-order chi connectivity index (χ1) is 20.5. The lowest BCUT2D eigenvalue weighted by Crippen LogP contribution is -2.42. The highest BCUT2D eigenvalue weighted by molar-refractivity contribution is 6.30. The maximum Gasteiger partial charge on any atom is 0.422 e. The average Bonchev–Trinajstić information content (AvgIpc) is 2.93. The Morgan fingerprint density at radius 2 is 1.66 bits per heavy atom. The molecule has 0 aliphatic carbocycles. The second kappa shape index (κ2) is 14.7. The number of carbonyl (C=O) groups is 1. The molecule has 0 fully saturated rings. The molecule has 44 heavy (non-hydrogen) atoms. The van der Waals surface area contributed by atoms with Crippen LogP contribution in [0.4, 0.5) is 35.4 Å². The first kappa shape index (κ1) is 34.6. The van der Waals surface area contributed by atoms with E-state index in [2.05, 4.69) is 36.2 Å². The number of aliphatic hydroxyl groups excluding tert-OH is 1. The zero-order chi connectivity index (χ0) is 32.5. The molecule has 0 bridgehead atoms. The average molecular weight is 640 g/mol. The second-order valence-corrected chi connectivity index (χ2v) is 12.1. The zero-order valence-electron chi connectivity index (χ0n) is 25.1. The minimum atomic E-state index is -4.57. The molecule has 1 amide bonds. The van der Waals surface area contributed by atoms with E-state index >= 15 is 0 Å². The molecule has 15 heteroatoms. The first-order valence-electron chi connectivity index (χ1n) is 13.6. The largest absolute Gasteiger partial charge is 0.454 e. The standard InChI is InChI=1S/C29H37ClF3N7O4/c1-27(2,3)44-26(42)37-16-28(4,5)15-36-24(41)19-8-11-21(35-14-19)38-23-12-22(34-13-18-6-9-20(30)10-7-18)39-25(40-23)43-17-29(31,32)33/h6-12,14,24,36,41H,13,15-17H2,1-5H3,(H,37,42)(H2,34,35,38,39,40). The van der Waals surface area contributed by atoms with Crippen molar-refractivity contribution in [3.05, 3.63) is 64.8 Å². The van der Waals surface area contributed by atoms with Crippen molar-refractivity contribution in [3.8, 4) is 6.01 Å². The fourth-order valence-electron chi connectivity index (χ4n) is 3.54. The van der Waals surface area contributed by atoms with Gasteiger partial charge in [0.05, 0.1) is 0 Å². The Morgan fingerprint density at radius 1 is 0.977 bits per heavy atom. The van der Waals surface area contributed by atoms with Crippen molar-refractivity contribution in [1.82, 2.24) is 25.6 Å². The molecule has 1 atom stereocenters. The van der Waals surface area contributed by atoms with Crippen LogP contribution in [0.25, 0.3) is 0 Å². The van der Waals surface area contributed by atoms with Crippen LogP contribution in [0.5, 0.6) is 6.01 Å². The summed E-state index contributed by atoms with van der Waals surface area (Å²) in [6, 6.07) is 11.3. The van der Waals surface area contributed by atoms with E-state index in [1.165, 1.54) is 12.3 Å². The second-order valence-electron chi connectivity index (χ2n) is 11.7. The Hall–Kier alpha value is -3.88. The number of alkyl halides is 3. The smallest absolute Gasteiger partial charge is 0.422 e. The Bertz CT molecular complexity index is 1370. The topological polar surface area (TPSA) is 143 Å². The van der Waals surface area contributed by atoms with Gasteiger partial charge in [0, 0.05) is 42.5 Å². The lowest BCUT2D eigenvalue weighted by atomic mass is 9.93. The van der Waals surface area contributed by atoms with Crippen LogP contribution in [0.1, 0.15) is 52.0 Å². The Morgan fingerprint density at radius 3 is 2.27 bits per heavy atom. The van der Waals surface area contributed by atoms with E-state index in [1.807, 2.05) is 13.8 Å². The summed E-state index contributed by atoms with van der Waals surface area (Å²) in [7, 11) is 0. The number of hydrogen-bond donors (Lipinski definition) is 5. The van der Waals surface area contributed by atoms with Gasteiger partial charge in [-0.1, -0.05) is 37.6 Å². The molecule has 0 aliphatic rings. The van der Waals surface area contributed by atoms with Crippen LogP contribution in [-0.4, -0.2) is 57.6 Å². The molecule has 11 nitrogen and oxygen atoms in total. The fourth-order valence-corrected chi connectivity index (χ4v) is 3.66. The van der Waals surface area contributed by atoms with Crippen LogP contribution in [0, 0.1) is 5.41 Å². The number of aliphatic hydroxyl groups is 1. The van der Waals surface area contributed by atoms with E-state index in [1.54, 1.807) is 57.2 Å². The van der Waals surface area contributed by atoms with Crippen LogP contribution >= 0.6 is 11.6 Å². The number of hydrogen-bond acceptors (Lipinski definition) is 10. The summed E-state index contributed by atoms with van der Waals surface area (Å²) < 4.78 is 48.3. The molecule has 1 unspecified atom stereocenters. The van der Waals surface area contributed by atoms with E-state index in [9.17, 15) is 23.1 Å². The third kappa shape index (κ3) is 12.8. The fraction of sp³-hybridized carbons (Fsp3) is 0.448. The molecule has 5 N–H and O–H groups in total. The Balaban J connectivity index is 1.62. The first-order valence-corrected chi connectivity index (χ1v) is 14.0.